The van der Waals surface area contributed by atoms with Crippen LogP contribution in [-0.2, 0) is 6.54 Å². The SMILES string of the molecule is CC(C)(C)C(CCN)CCCNCc1ccc(Br)s1. The second-order valence-corrected chi connectivity index (χ2v) is 8.71. The molecule has 0 bridgehead atoms. The van der Waals surface area contributed by atoms with Crippen LogP contribution in [0.25, 0.3) is 0 Å². The van der Waals surface area contributed by atoms with Crippen molar-refractivity contribution in [1.82, 2.24) is 5.32 Å². The number of halogens is 1. The van der Waals surface area contributed by atoms with E-state index in [0.717, 1.165) is 32.0 Å². The zero-order valence-corrected chi connectivity index (χ0v) is 14.7. The van der Waals surface area contributed by atoms with E-state index in [2.05, 4.69) is 54.2 Å². The summed E-state index contributed by atoms with van der Waals surface area (Å²) < 4.78 is 1.21. The van der Waals surface area contributed by atoms with Gasteiger partial charge in [0.25, 0.3) is 0 Å². The maximum absolute atomic E-state index is 5.72. The first-order valence-electron chi connectivity index (χ1n) is 7.08. The minimum absolute atomic E-state index is 0.373. The zero-order valence-electron chi connectivity index (χ0n) is 12.3. The number of hydrogen-bond donors (Lipinski definition) is 2. The normalized spacial score (nSPS) is 13.7. The highest BCUT2D eigenvalue weighted by Gasteiger charge is 2.22. The molecule has 1 atom stereocenters. The van der Waals surface area contributed by atoms with Gasteiger partial charge in [0, 0.05) is 11.4 Å². The Kier molecular flexibility index (Phi) is 7.58. The molecule has 1 aromatic rings. The minimum atomic E-state index is 0.373. The molecule has 3 N–H and O–H groups in total. The molecular formula is C15H27BrN2S. The summed E-state index contributed by atoms with van der Waals surface area (Å²) in [6, 6.07) is 4.28. The smallest absolute Gasteiger partial charge is 0.0701 e. The lowest BCUT2D eigenvalue weighted by Gasteiger charge is -2.30. The largest absolute Gasteiger partial charge is 0.330 e. The molecule has 19 heavy (non-hydrogen) atoms. The molecule has 1 unspecified atom stereocenters. The molecular weight excluding hydrogens is 320 g/mol. The highest BCUT2D eigenvalue weighted by molar-refractivity contribution is 9.11. The van der Waals surface area contributed by atoms with Crippen LogP contribution >= 0.6 is 27.3 Å². The minimum Gasteiger partial charge on any atom is -0.330 e. The molecule has 0 spiro atoms. The molecule has 0 aliphatic rings. The zero-order chi connectivity index (χ0) is 14.3. The fraction of sp³-hybridized carbons (Fsp3) is 0.733. The van der Waals surface area contributed by atoms with Gasteiger partial charge in [-0.1, -0.05) is 20.8 Å². The molecule has 0 aliphatic carbocycles. The van der Waals surface area contributed by atoms with Crippen LogP contribution in [0.2, 0.25) is 0 Å². The van der Waals surface area contributed by atoms with Gasteiger partial charge in [0.1, 0.15) is 0 Å². The Morgan fingerprint density at radius 2 is 2.05 bits per heavy atom. The quantitative estimate of drug-likeness (QED) is 0.685. The van der Waals surface area contributed by atoms with Crippen molar-refractivity contribution in [3.8, 4) is 0 Å². The Morgan fingerprint density at radius 3 is 2.58 bits per heavy atom. The van der Waals surface area contributed by atoms with Crippen LogP contribution in [0.5, 0.6) is 0 Å². The van der Waals surface area contributed by atoms with Gasteiger partial charge in [-0.05, 0) is 71.7 Å². The van der Waals surface area contributed by atoms with Crippen molar-refractivity contribution in [3.63, 3.8) is 0 Å². The topological polar surface area (TPSA) is 38.0 Å². The number of thiophene rings is 1. The average molecular weight is 347 g/mol. The van der Waals surface area contributed by atoms with Gasteiger partial charge in [-0.2, -0.15) is 0 Å². The van der Waals surface area contributed by atoms with Gasteiger partial charge in [0.05, 0.1) is 3.79 Å². The maximum Gasteiger partial charge on any atom is 0.0701 e. The standard InChI is InChI=1S/C15H27BrN2S/c1-15(2,3)12(8-9-17)5-4-10-18-11-13-6-7-14(16)19-13/h6-7,12,18H,4-5,8-11,17H2,1-3H3. The Hall–Kier alpha value is 0.1000. The van der Waals surface area contributed by atoms with Crippen molar-refractivity contribution >= 4 is 27.3 Å². The van der Waals surface area contributed by atoms with E-state index in [9.17, 15) is 0 Å². The van der Waals surface area contributed by atoms with Gasteiger partial charge in [-0.3, -0.25) is 0 Å². The summed E-state index contributed by atoms with van der Waals surface area (Å²) in [7, 11) is 0. The molecule has 0 saturated carbocycles. The van der Waals surface area contributed by atoms with Gasteiger partial charge in [0.15, 0.2) is 0 Å². The van der Waals surface area contributed by atoms with Crippen LogP contribution in [0.1, 0.15) is 44.9 Å². The van der Waals surface area contributed by atoms with Crippen LogP contribution in [0.15, 0.2) is 15.9 Å². The van der Waals surface area contributed by atoms with Crippen molar-refractivity contribution < 1.29 is 0 Å². The molecule has 2 nitrogen and oxygen atoms in total. The molecule has 110 valence electrons. The molecule has 0 amide bonds. The van der Waals surface area contributed by atoms with Crippen molar-refractivity contribution in [2.75, 3.05) is 13.1 Å². The highest BCUT2D eigenvalue weighted by Crippen LogP contribution is 2.31. The van der Waals surface area contributed by atoms with E-state index in [1.807, 2.05) is 0 Å². The van der Waals surface area contributed by atoms with Crippen LogP contribution in [0, 0.1) is 11.3 Å². The van der Waals surface area contributed by atoms with E-state index in [1.165, 1.54) is 21.5 Å². The maximum atomic E-state index is 5.72. The molecule has 0 aliphatic heterocycles. The van der Waals surface area contributed by atoms with Gasteiger partial charge in [-0.15, -0.1) is 11.3 Å². The molecule has 4 heteroatoms. The van der Waals surface area contributed by atoms with Crippen molar-refractivity contribution in [2.24, 2.45) is 17.1 Å². The predicted molar refractivity (Wildman–Crippen MR) is 89.6 cm³/mol. The lowest BCUT2D eigenvalue weighted by atomic mass is 9.76. The van der Waals surface area contributed by atoms with Crippen LogP contribution in [0.3, 0.4) is 0 Å². The highest BCUT2D eigenvalue weighted by atomic mass is 79.9. The fourth-order valence-electron chi connectivity index (χ4n) is 2.34. The molecule has 1 heterocycles. The molecule has 0 saturated heterocycles. The Balaban J connectivity index is 2.18. The molecule has 1 aromatic heterocycles. The molecule has 0 aromatic carbocycles. The summed E-state index contributed by atoms with van der Waals surface area (Å²) in [5.41, 5.74) is 6.09. The summed E-state index contributed by atoms with van der Waals surface area (Å²) >= 11 is 5.29. The van der Waals surface area contributed by atoms with Gasteiger partial charge in [0.2, 0.25) is 0 Å². The fourth-order valence-corrected chi connectivity index (χ4v) is 3.80. The summed E-state index contributed by atoms with van der Waals surface area (Å²) in [5.74, 6) is 0.732. The van der Waals surface area contributed by atoms with E-state index in [0.29, 0.717) is 5.41 Å². The van der Waals surface area contributed by atoms with Crippen molar-refractivity contribution in [1.29, 1.82) is 0 Å². The Bertz CT molecular complexity index is 357. The first kappa shape index (κ1) is 17.2. The van der Waals surface area contributed by atoms with Gasteiger partial charge >= 0.3 is 0 Å². The van der Waals surface area contributed by atoms with E-state index in [-0.39, 0.29) is 0 Å². The average Bonchev–Trinajstić information content (AvgIpc) is 2.72. The molecule has 0 fully saturated rings. The predicted octanol–water partition coefficient (Wildman–Crippen LogP) is 4.39. The summed E-state index contributed by atoms with van der Waals surface area (Å²) in [4.78, 5) is 1.39. The Morgan fingerprint density at radius 1 is 1.32 bits per heavy atom. The Labute approximate surface area is 130 Å². The lowest BCUT2D eigenvalue weighted by molar-refractivity contribution is 0.210. The first-order valence-corrected chi connectivity index (χ1v) is 8.69. The first-order chi connectivity index (χ1) is 8.93. The third-order valence-corrected chi connectivity index (χ3v) is 5.20. The van der Waals surface area contributed by atoms with E-state index < -0.39 is 0 Å². The van der Waals surface area contributed by atoms with Crippen molar-refractivity contribution in [3.05, 3.63) is 20.8 Å². The summed E-state index contributed by atoms with van der Waals surface area (Å²) in [5, 5.41) is 3.52. The molecule has 1 rings (SSSR count). The molecule has 0 radical (unpaired) electrons. The number of hydrogen-bond acceptors (Lipinski definition) is 3. The lowest BCUT2D eigenvalue weighted by Crippen LogP contribution is -2.25. The number of nitrogens with one attached hydrogen (secondary N) is 1. The monoisotopic (exact) mass is 346 g/mol. The van der Waals surface area contributed by atoms with E-state index in [4.69, 9.17) is 5.73 Å². The second kappa shape index (κ2) is 8.40. The third-order valence-electron chi connectivity index (χ3n) is 3.57. The van der Waals surface area contributed by atoms with Crippen LogP contribution < -0.4 is 11.1 Å². The summed E-state index contributed by atoms with van der Waals surface area (Å²) in [6.07, 6.45) is 3.64. The van der Waals surface area contributed by atoms with Crippen LogP contribution in [-0.4, -0.2) is 13.1 Å². The van der Waals surface area contributed by atoms with E-state index in [1.54, 1.807) is 11.3 Å². The van der Waals surface area contributed by atoms with Crippen molar-refractivity contribution in [2.45, 2.75) is 46.6 Å². The third kappa shape index (κ3) is 6.89. The van der Waals surface area contributed by atoms with Crippen LogP contribution in [0.4, 0.5) is 0 Å². The summed E-state index contributed by atoms with van der Waals surface area (Å²) in [6.45, 7) is 9.84. The number of nitrogens with two attached hydrogens (primary N) is 1. The van der Waals surface area contributed by atoms with E-state index >= 15 is 0 Å². The van der Waals surface area contributed by atoms with Gasteiger partial charge in [-0.25, -0.2) is 0 Å². The number of rotatable bonds is 8. The van der Waals surface area contributed by atoms with Gasteiger partial charge < -0.3 is 11.1 Å². The second-order valence-electron chi connectivity index (χ2n) is 6.17.